The van der Waals surface area contributed by atoms with E-state index in [1.54, 1.807) is 7.11 Å². The van der Waals surface area contributed by atoms with Crippen molar-refractivity contribution in [3.63, 3.8) is 0 Å². The average Bonchev–Trinajstić information content (AvgIpc) is 2.73. The number of benzene rings is 3. The highest BCUT2D eigenvalue weighted by molar-refractivity contribution is 5.85. The summed E-state index contributed by atoms with van der Waals surface area (Å²) in [6.07, 6.45) is 0. The number of rotatable bonds is 5. The minimum Gasteiger partial charge on any atom is -0.497 e. The van der Waals surface area contributed by atoms with E-state index >= 15 is 0 Å². The summed E-state index contributed by atoms with van der Waals surface area (Å²) in [6.45, 7) is 4.19. The van der Waals surface area contributed by atoms with E-state index in [-0.39, 0.29) is 17.8 Å². The van der Waals surface area contributed by atoms with Crippen LogP contribution in [0.5, 0.6) is 11.5 Å². The Kier molecular flexibility index (Phi) is 5.09. The van der Waals surface area contributed by atoms with Crippen LogP contribution in [-0.2, 0) is 6.61 Å². The van der Waals surface area contributed by atoms with Gasteiger partial charge in [-0.3, -0.25) is 4.79 Å². The summed E-state index contributed by atoms with van der Waals surface area (Å²) in [5, 5.41) is 0.552. The zero-order valence-electron chi connectivity index (χ0n) is 16.7. The van der Waals surface area contributed by atoms with Crippen LogP contribution in [0.25, 0.3) is 22.3 Å². The molecule has 1 heterocycles. The smallest absolute Gasteiger partial charge is 0.235 e. The van der Waals surface area contributed by atoms with Crippen LogP contribution in [0.4, 0.5) is 0 Å². The molecule has 0 aliphatic rings. The van der Waals surface area contributed by atoms with Gasteiger partial charge < -0.3 is 13.9 Å². The molecule has 0 saturated carbocycles. The van der Waals surface area contributed by atoms with Gasteiger partial charge in [-0.25, -0.2) is 0 Å². The first kappa shape index (κ1) is 18.8. The molecule has 0 atom stereocenters. The lowest BCUT2D eigenvalue weighted by Crippen LogP contribution is -2.11. The third kappa shape index (κ3) is 3.74. The van der Waals surface area contributed by atoms with Crippen molar-refractivity contribution < 1.29 is 13.9 Å². The molecule has 4 heteroatoms. The maximum absolute atomic E-state index is 13.4. The summed E-state index contributed by atoms with van der Waals surface area (Å²) in [6, 6.07) is 21.0. The van der Waals surface area contributed by atoms with Crippen molar-refractivity contribution in [1.82, 2.24) is 0 Å². The fourth-order valence-electron chi connectivity index (χ4n) is 3.47. The highest BCUT2D eigenvalue weighted by Gasteiger charge is 2.19. The summed E-state index contributed by atoms with van der Waals surface area (Å²) >= 11 is 0. The molecule has 29 heavy (non-hydrogen) atoms. The molecule has 4 rings (SSSR count). The first-order valence-corrected chi connectivity index (χ1v) is 9.46. The van der Waals surface area contributed by atoms with Gasteiger partial charge in [0.15, 0.2) is 5.76 Å². The van der Waals surface area contributed by atoms with Gasteiger partial charge in [0, 0.05) is 5.56 Å². The number of aryl methyl sites for hydroxylation is 2. The second kappa shape index (κ2) is 7.84. The molecule has 0 unspecified atom stereocenters. The maximum atomic E-state index is 13.4. The molecular formula is C25H22O4. The number of ether oxygens (including phenoxy) is 2. The van der Waals surface area contributed by atoms with Gasteiger partial charge in [0.05, 0.1) is 12.5 Å². The first-order valence-electron chi connectivity index (χ1n) is 9.46. The van der Waals surface area contributed by atoms with E-state index in [9.17, 15) is 4.79 Å². The first-order chi connectivity index (χ1) is 14.1. The van der Waals surface area contributed by atoms with Crippen LogP contribution in [0.3, 0.4) is 0 Å². The highest BCUT2D eigenvalue weighted by Crippen LogP contribution is 2.33. The number of methoxy groups -OCH3 is 1. The van der Waals surface area contributed by atoms with Crippen molar-refractivity contribution in [2.75, 3.05) is 7.11 Å². The normalized spacial score (nSPS) is 10.9. The van der Waals surface area contributed by atoms with Crippen LogP contribution in [0.1, 0.15) is 16.7 Å². The second-order valence-electron chi connectivity index (χ2n) is 7.05. The van der Waals surface area contributed by atoms with Crippen LogP contribution in [0.2, 0.25) is 0 Å². The molecule has 0 radical (unpaired) electrons. The molecule has 0 bridgehead atoms. The molecule has 146 valence electrons. The Labute approximate surface area is 169 Å². The van der Waals surface area contributed by atoms with Crippen molar-refractivity contribution in [3.05, 3.63) is 93.6 Å². The Morgan fingerprint density at radius 1 is 0.931 bits per heavy atom. The summed E-state index contributed by atoms with van der Waals surface area (Å²) < 4.78 is 17.5. The molecule has 1 aromatic heterocycles. The number of fused-ring (bicyclic) bond motifs is 1. The predicted molar refractivity (Wildman–Crippen MR) is 115 cm³/mol. The zero-order valence-corrected chi connectivity index (χ0v) is 16.7. The molecular weight excluding hydrogens is 364 g/mol. The van der Waals surface area contributed by atoms with E-state index in [4.69, 9.17) is 13.9 Å². The number of hydrogen-bond donors (Lipinski definition) is 0. The topological polar surface area (TPSA) is 48.7 Å². The van der Waals surface area contributed by atoms with Crippen molar-refractivity contribution in [2.45, 2.75) is 20.5 Å². The molecule has 4 nitrogen and oxygen atoms in total. The SMILES string of the molecule is COc1ccc(-c2oc3cc(C)cc(C)c3c(=O)c2OCc2ccccc2)cc1. The standard InChI is InChI=1S/C25H22O4/c1-16-13-17(2)22-21(14-16)29-24(19-9-11-20(27-3)12-10-19)25(23(22)26)28-15-18-7-5-4-6-8-18/h4-14H,15H2,1-3H3. The summed E-state index contributed by atoms with van der Waals surface area (Å²) in [5.74, 6) is 1.37. The van der Waals surface area contributed by atoms with E-state index in [1.807, 2.05) is 80.6 Å². The van der Waals surface area contributed by atoms with E-state index < -0.39 is 0 Å². The Morgan fingerprint density at radius 2 is 1.66 bits per heavy atom. The van der Waals surface area contributed by atoms with E-state index in [0.29, 0.717) is 16.7 Å². The zero-order chi connectivity index (χ0) is 20.4. The third-order valence-electron chi connectivity index (χ3n) is 4.87. The van der Waals surface area contributed by atoms with Crippen molar-refractivity contribution in [2.24, 2.45) is 0 Å². The van der Waals surface area contributed by atoms with Crippen molar-refractivity contribution in [3.8, 4) is 22.8 Å². The molecule has 0 saturated heterocycles. The lowest BCUT2D eigenvalue weighted by molar-refractivity contribution is 0.298. The highest BCUT2D eigenvalue weighted by atomic mass is 16.5. The van der Waals surface area contributed by atoms with Gasteiger partial charge in [-0.1, -0.05) is 36.4 Å². The fourth-order valence-corrected chi connectivity index (χ4v) is 3.47. The van der Waals surface area contributed by atoms with Crippen LogP contribution in [-0.4, -0.2) is 7.11 Å². The minimum absolute atomic E-state index is 0.162. The Balaban J connectivity index is 1.89. The van der Waals surface area contributed by atoms with Gasteiger partial charge in [-0.15, -0.1) is 0 Å². The van der Waals surface area contributed by atoms with Crippen LogP contribution in [0, 0.1) is 13.8 Å². The van der Waals surface area contributed by atoms with E-state index in [1.165, 1.54) is 0 Å². The van der Waals surface area contributed by atoms with Crippen LogP contribution >= 0.6 is 0 Å². The quantitative estimate of drug-likeness (QED) is 0.444. The van der Waals surface area contributed by atoms with Gasteiger partial charge >= 0.3 is 0 Å². The van der Waals surface area contributed by atoms with Crippen LogP contribution in [0.15, 0.2) is 75.9 Å². The summed E-state index contributed by atoms with van der Waals surface area (Å²) in [7, 11) is 1.62. The van der Waals surface area contributed by atoms with E-state index in [0.717, 1.165) is 28.0 Å². The lowest BCUT2D eigenvalue weighted by atomic mass is 10.0. The Bertz CT molecular complexity index is 1210. The lowest BCUT2D eigenvalue weighted by Gasteiger charge is -2.13. The van der Waals surface area contributed by atoms with Crippen molar-refractivity contribution >= 4 is 11.0 Å². The van der Waals surface area contributed by atoms with Gasteiger partial charge in [0.1, 0.15) is 17.9 Å². The average molecular weight is 386 g/mol. The molecule has 0 aliphatic heterocycles. The second-order valence-corrected chi connectivity index (χ2v) is 7.05. The minimum atomic E-state index is -0.162. The molecule has 0 fully saturated rings. The van der Waals surface area contributed by atoms with Crippen LogP contribution < -0.4 is 14.9 Å². The number of hydrogen-bond acceptors (Lipinski definition) is 4. The summed E-state index contributed by atoms with van der Waals surface area (Å²) in [4.78, 5) is 13.4. The molecule has 4 aromatic rings. The van der Waals surface area contributed by atoms with Gasteiger partial charge in [0.2, 0.25) is 11.2 Å². The Morgan fingerprint density at radius 3 is 2.34 bits per heavy atom. The Hall–Kier alpha value is -3.53. The van der Waals surface area contributed by atoms with Gasteiger partial charge in [-0.05, 0) is 60.9 Å². The third-order valence-corrected chi connectivity index (χ3v) is 4.87. The molecule has 3 aromatic carbocycles. The fraction of sp³-hybridized carbons (Fsp3) is 0.160. The largest absolute Gasteiger partial charge is 0.497 e. The van der Waals surface area contributed by atoms with Gasteiger partial charge in [0.25, 0.3) is 0 Å². The monoisotopic (exact) mass is 386 g/mol. The molecule has 0 aliphatic carbocycles. The van der Waals surface area contributed by atoms with Crippen molar-refractivity contribution in [1.29, 1.82) is 0 Å². The van der Waals surface area contributed by atoms with E-state index in [2.05, 4.69) is 0 Å². The molecule has 0 amide bonds. The van der Waals surface area contributed by atoms with Gasteiger partial charge in [-0.2, -0.15) is 0 Å². The molecule has 0 N–H and O–H groups in total. The molecule has 0 spiro atoms. The predicted octanol–water partition coefficient (Wildman–Crippen LogP) is 5.66. The maximum Gasteiger partial charge on any atom is 0.235 e. The summed E-state index contributed by atoms with van der Waals surface area (Å²) in [5.41, 5.74) is 4.05.